The van der Waals surface area contributed by atoms with Crippen molar-refractivity contribution in [1.82, 2.24) is 9.62 Å². The second kappa shape index (κ2) is 10.0. The van der Waals surface area contributed by atoms with Gasteiger partial charge in [0.05, 0.1) is 5.02 Å². The maximum Gasteiger partial charge on any atom is 0.251 e. The Balaban J connectivity index is 2.91. The molecule has 7 heteroatoms. The fraction of sp³-hybridized carbons (Fsp3) is 0.588. The Morgan fingerprint density at radius 3 is 2.38 bits per heavy atom. The number of hydrogen-bond donors (Lipinski definition) is 1. The standard InChI is InChI=1S/C17H27ClN2O3S/c1-4-7-8-9-12-19-17(21)14-10-11-15(18)16(13-14)24(22,23)20(5-2)6-3/h10-11,13H,4-9,12H2,1-3H3,(H,19,21). The minimum absolute atomic E-state index is 0.0218. The van der Waals surface area contributed by atoms with E-state index in [4.69, 9.17) is 11.6 Å². The third kappa shape index (κ3) is 5.46. The minimum Gasteiger partial charge on any atom is -0.352 e. The third-order valence-corrected chi connectivity index (χ3v) is 6.36. The molecule has 1 N–H and O–H groups in total. The van der Waals surface area contributed by atoms with Crippen LogP contribution in [-0.4, -0.2) is 38.3 Å². The first-order valence-electron chi connectivity index (χ1n) is 8.46. The van der Waals surface area contributed by atoms with Gasteiger partial charge in [0, 0.05) is 25.2 Å². The molecule has 1 rings (SSSR count). The highest BCUT2D eigenvalue weighted by molar-refractivity contribution is 7.89. The minimum atomic E-state index is -3.70. The molecule has 0 saturated heterocycles. The summed E-state index contributed by atoms with van der Waals surface area (Å²) in [5.41, 5.74) is 0.306. The fourth-order valence-corrected chi connectivity index (χ4v) is 4.36. The summed E-state index contributed by atoms with van der Waals surface area (Å²) < 4.78 is 26.6. The maximum atomic E-state index is 12.6. The summed E-state index contributed by atoms with van der Waals surface area (Å²) in [6, 6.07) is 4.37. The lowest BCUT2D eigenvalue weighted by atomic mass is 10.2. The van der Waals surface area contributed by atoms with E-state index in [9.17, 15) is 13.2 Å². The molecule has 0 aromatic heterocycles. The molecule has 5 nitrogen and oxygen atoms in total. The predicted octanol–water partition coefficient (Wildman–Crippen LogP) is 3.68. The van der Waals surface area contributed by atoms with E-state index in [1.807, 2.05) is 0 Å². The van der Waals surface area contributed by atoms with Crippen molar-refractivity contribution in [2.75, 3.05) is 19.6 Å². The van der Waals surface area contributed by atoms with Gasteiger partial charge in [0.2, 0.25) is 10.0 Å². The Morgan fingerprint density at radius 2 is 1.79 bits per heavy atom. The van der Waals surface area contributed by atoms with Crippen LogP contribution in [0.3, 0.4) is 0 Å². The van der Waals surface area contributed by atoms with Gasteiger partial charge in [-0.1, -0.05) is 51.6 Å². The van der Waals surface area contributed by atoms with Crippen molar-refractivity contribution < 1.29 is 13.2 Å². The molecule has 0 aliphatic rings. The van der Waals surface area contributed by atoms with Crippen molar-refractivity contribution in [2.45, 2.75) is 51.3 Å². The van der Waals surface area contributed by atoms with Gasteiger partial charge in [-0.15, -0.1) is 0 Å². The van der Waals surface area contributed by atoms with Crippen LogP contribution in [0.2, 0.25) is 5.02 Å². The summed E-state index contributed by atoms with van der Waals surface area (Å²) in [5.74, 6) is -0.279. The Labute approximate surface area is 150 Å². The molecule has 0 radical (unpaired) electrons. The first-order chi connectivity index (χ1) is 11.4. The second-order valence-electron chi connectivity index (χ2n) is 5.55. The fourth-order valence-electron chi connectivity index (χ4n) is 2.40. The number of nitrogens with zero attached hydrogens (tertiary/aromatic N) is 1. The average Bonchev–Trinajstić information content (AvgIpc) is 2.55. The van der Waals surface area contributed by atoms with Crippen molar-refractivity contribution in [3.63, 3.8) is 0 Å². The van der Waals surface area contributed by atoms with E-state index in [1.165, 1.54) is 16.4 Å². The average molecular weight is 375 g/mol. The summed E-state index contributed by atoms with van der Waals surface area (Å²) in [7, 11) is -3.70. The van der Waals surface area contributed by atoms with E-state index in [-0.39, 0.29) is 15.8 Å². The van der Waals surface area contributed by atoms with Gasteiger partial charge in [-0.25, -0.2) is 8.42 Å². The van der Waals surface area contributed by atoms with E-state index in [0.717, 1.165) is 25.7 Å². The quantitative estimate of drug-likeness (QED) is 0.635. The molecule has 0 aliphatic carbocycles. The highest BCUT2D eigenvalue weighted by Crippen LogP contribution is 2.25. The van der Waals surface area contributed by atoms with Crippen molar-refractivity contribution >= 4 is 27.5 Å². The van der Waals surface area contributed by atoms with Gasteiger partial charge in [-0.05, 0) is 24.6 Å². The number of benzene rings is 1. The molecule has 0 atom stereocenters. The largest absolute Gasteiger partial charge is 0.352 e. The number of hydrogen-bond acceptors (Lipinski definition) is 3. The van der Waals surface area contributed by atoms with Crippen LogP contribution in [0.5, 0.6) is 0 Å². The van der Waals surface area contributed by atoms with E-state index < -0.39 is 10.0 Å². The SMILES string of the molecule is CCCCCCNC(=O)c1ccc(Cl)c(S(=O)(=O)N(CC)CC)c1. The van der Waals surface area contributed by atoms with E-state index in [2.05, 4.69) is 12.2 Å². The molecule has 0 spiro atoms. The summed E-state index contributed by atoms with van der Waals surface area (Å²) >= 11 is 6.07. The monoisotopic (exact) mass is 374 g/mol. The first kappa shape index (κ1) is 20.9. The number of halogens is 1. The van der Waals surface area contributed by atoms with Gasteiger partial charge < -0.3 is 5.32 Å². The molecule has 1 aromatic carbocycles. The van der Waals surface area contributed by atoms with Crippen LogP contribution in [0, 0.1) is 0 Å². The van der Waals surface area contributed by atoms with Crippen molar-refractivity contribution in [3.8, 4) is 0 Å². The van der Waals surface area contributed by atoms with Crippen LogP contribution in [0.15, 0.2) is 23.1 Å². The highest BCUT2D eigenvalue weighted by Gasteiger charge is 2.25. The van der Waals surface area contributed by atoms with Crippen LogP contribution < -0.4 is 5.32 Å². The number of carbonyl (C=O) groups excluding carboxylic acids is 1. The van der Waals surface area contributed by atoms with Crippen LogP contribution in [-0.2, 0) is 10.0 Å². The number of sulfonamides is 1. The van der Waals surface area contributed by atoms with Gasteiger partial charge in [0.25, 0.3) is 5.91 Å². The zero-order valence-electron chi connectivity index (χ0n) is 14.6. The second-order valence-corrected chi connectivity index (χ2v) is 7.86. The van der Waals surface area contributed by atoms with E-state index in [0.29, 0.717) is 25.2 Å². The maximum absolute atomic E-state index is 12.6. The number of rotatable bonds is 10. The first-order valence-corrected chi connectivity index (χ1v) is 10.3. The molecule has 24 heavy (non-hydrogen) atoms. The molecular formula is C17H27ClN2O3S. The van der Waals surface area contributed by atoms with Gasteiger partial charge in [0.1, 0.15) is 4.90 Å². The molecule has 1 aromatic rings. The van der Waals surface area contributed by atoms with Crippen molar-refractivity contribution in [2.24, 2.45) is 0 Å². The molecule has 0 aliphatic heterocycles. The summed E-state index contributed by atoms with van der Waals surface area (Å²) in [6.45, 7) is 6.94. The van der Waals surface area contributed by atoms with Crippen LogP contribution in [0.4, 0.5) is 0 Å². The Kier molecular flexibility index (Phi) is 8.73. The van der Waals surface area contributed by atoms with Gasteiger partial charge in [0.15, 0.2) is 0 Å². The number of amides is 1. The van der Waals surface area contributed by atoms with Crippen molar-refractivity contribution in [3.05, 3.63) is 28.8 Å². The molecule has 0 saturated carbocycles. The van der Waals surface area contributed by atoms with Crippen LogP contribution in [0.1, 0.15) is 56.8 Å². The number of nitrogens with one attached hydrogen (secondary N) is 1. The number of unbranched alkanes of at least 4 members (excludes halogenated alkanes) is 3. The molecule has 0 fully saturated rings. The lowest BCUT2D eigenvalue weighted by molar-refractivity contribution is 0.0952. The Morgan fingerprint density at radius 1 is 1.12 bits per heavy atom. The van der Waals surface area contributed by atoms with Crippen LogP contribution >= 0.6 is 11.6 Å². The van der Waals surface area contributed by atoms with Gasteiger partial charge in [-0.3, -0.25) is 4.79 Å². The Hall–Kier alpha value is -1.11. The normalized spacial score (nSPS) is 11.7. The smallest absolute Gasteiger partial charge is 0.251 e. The molecular weight excluding hydrogens is 348 g/mol. The lowest BCUT2D eigenvalue weighted by Gasteiger charge is -2.19. The summed E-state index contributed by atoms with van der Waals surface area (Å²) in [5, 5.41) is 2.95. The van der Waals surface area contributed by atoms with E-state index >= 15 is 0 Å². The predicted molar refractivity (Wildman–Crippen MR) is 98.0 cm³/mol. The summed E-state index contributed by atoms with van der Waals surface area (Å²) in [4.78, 5) is 12.2. The molecule has 136 valence electrons. The zero-order valence-corrected chi connectivity index (χ0v) is 16.2. The van der Waals surface area contributed by atoms with E-state index in [1.54, 1.807) is 19.9 Å². The molecule has 0 heterocycles. The lowest BCUT2D eigenvalue weighted by Crippen LogP contribution is -2.31. The zero-order chi connectivity index (χ0) is 18.2. The number of carbonyl (C=O) groups is 1. The van der Waals surface area contributed by atoms with Crippen molar-refractivity contribution in [1.29, 1.82) is 0 Å². The molecule has 0 unspecified atom stereocenters. The molecule has 0 bridgehead atoms. The third-order valence-electron chi connectivity index (χ3n) is 3.83. The Bertz CT molecular complexity index is 643. The molecule has 1 amide bonds. The summed E-state index contributed by atoms with van der Waals surface area (Å²) in [6.07, 6.45) is 4.26. The van der Waals surface area contributed by atoms with Gasteiger partial charge in [-0.2, -0.15) is 4.31 Å². The van der Waals surface area contributed by atoms with Gasteiger partial charge >= 0.3 is 0 Å². The topological polar surface area (TPSA) is 66.5 Å². The highest BCUT2D eigenvalue weighted by atomic mass is 35.5. The van der Waals surface area contributed by atoms with Crippen LogP contribution in [0.25, 0.3) is 0 Å².